The monoisotopic (exact) mass is 233 g/mol. The molecule has 17 heavy (non-hydrogen) atoms. The van der Waals surface area contributed by atoms with E-state index in [1.54, 1.807) is 0 Å². The fraction of sp³-hybridized carbons (Fsp3) is 0.600. The van der Waals surface area contributed by atoms with Crippen LogP contribution in [0.25, 0.3) is 0 Å². The molecule has 0 aliphatic carbocycles. The Kier molecular flexibility index (Phi) is 2.51. The summed E-state index contributed by atoms with van der Waals surface area (Å²) in [5.41, 5.74) is 2.14. The fourth-order valence-electron chi connectivity index (χ4n) is 3.63. The largest absolute Gasteiger partial charge is 0.311 e. The van der Waals surface area contributed by atoms with Gasteiger partial charge in [0.1, 0.15) is 5.67 Å². The summed E-state index contributed by atoms with van der Waals surface area (Å²) >= 11 is 0. The van der Waals surface area contributed by atoms with Crippen molar-refractivity contribution < 1.29 is 4.39 Å². The maximum Gasteiger partial charge on any atom is 0.139 e. The van der Waals surface area contributed by atoms with Crippen molar-refractivity contribution in [3.05, 3.63) is 34.9 Å². The molecule has 1 aromatic carbocycles. The number of aryl methyl sites for hydroxylation is 2. The number of fused-ring (bicyclic) bond motifs is 2. The topological polar surface area (TPSA) is 12.0 Å². The maximum atomic E-state index is 15.2. The number of rotatable bonds is 1. The lowest BCUT2D eigenvalue weighted by molar-refractivity contribution is 0.0867. The second-order valence-electron chi connectivity index (χ2n) is 5.83. The number of benzene rings is 1. The van der Waals surface area contributed by atoms with Crippen molar-refractivity contribution in [3.63, 3.8) is 0 Å². The normalized spacial score (nSPS) is 36.2. The molecule has 2 aliphatic heterocycles. The van der Waals surface area contributed by atoms with Crippen molar-refractivity contribution in [1.82, 2.24) is 5.32 Å². The van der Waals surface area contributed by atoms with Gasteiger partial charge in [0.2, 0.25) is 0 Å². The summed E-state index contributed by atoms with van der Waals surface area (Å²) in [6, 6.07) is 6.91. The molecule has 2 unspecified atom stereocenters. The Labute approximate surface area is 102 Å². The van der Waals surface area contributed by atoms with E-state index in [4.69, 9.17) is 0 Å². The first-order chi connectivity index (χ1) is 8.07. The molecular formula is C15H20FN. The molecule has 2 fully saturated rings. The Hall–Kier alpha value is -0.890. The summed E-state index contributed by atoms with van der Waals surface area (Å²) in [6.45, 7) is 4.10. The third kappa shape index (κ3) is 1.89. The lowest BCUT2D eigenvalue weighted by Gasteiger charge is -2.36. The molecule has 2 saturated heterocycles. The molecule has 0 radical (unpaired) electrons. The van der Waals surface area contributed by atoms with E-state index in [9.17, 15) is 0 Å². The minimum Gasteiger partial charge on any atom is -0.311 e. The Morgan fingerprint density at radius 3 is 2.41 bits per heavy atom. The Balaban J connectivity index is 1.97. The minimum absolute atomic E-state index is 0.388. The maximum absolute atomic E-state index is 15.2. The van der Waals surface area contributed by atoms with Crippen LogP contribution in [-0.4, -0.2) is 12.1 Å². The molecule has 1 aromatic rings. The van der Waals surface area contributed by atoms with E-state index in [1.807, 2.05) is 19.1 Å². The zero-order valence-corrected chi connectivity index (χ0v) is 10.6. The van der Waals surface area contributed by atoms with E-state index in [2.05, 4.69) is 18.3 Å². The van der Waals surface area contributed by atoms with Crippen LogP contribution in [0.2, 0.25) is 0 Å². The minimum atomic E-state index is -1.10. The number of alkyl halides is 1. The number of nitrogens with one attached hydrogen (secondary N) is 1. The molecule has 2 bridgehead atoms. The van der Waals surface area contributed by atoms with E-state index in [0.717, 1.165) is 24.0 Å². The van der Waals surface area contributed by atoms with Crippen molar-refractivity contribution in [2.45, 2.75) is 57.3 Å². The third-order valence-corrected chi connectivity index (χ3v) is 4.34. The Morgan fingerprint density at radius 2 is 1.82 bits per heavy atom. The number of hydrogen-bond donors (Lipinski definition) is 1. The molecular weight excluding hydrogens is 213 g/mol. The van der Waals surface area contributed by atoms with Crippen molar-refractivity contribution in [2.75, 3.05) is 0 Å². The van der Waals surface area contributed by atoms with Gasteiger partial charge in [-0.05, 0) is 37.8 Å². The van der Waals surface area contributed by atoms with Crippen molar-refractivity contribution in [3.8, 4) is 0 Å². The molecule has 2 aliphatic rings. The molecule has 0 aromatic heterocycles. The van der Waals surface area contributed by atoms with Crippen LogP contribution in [0, 0.1) is 13.8 Å². The van der Waals surface area contributed by atoms with Gasteiger partial charge in [-0.25, -0.2) is 4.39 Å². The second-order valence-corrected chi connectivity index (χ2v) is 5.83. The van der Waals surface area contributed by atoms with Gasteiger partial charge in [0.15, 0.2) is 0 Å². The van der Waals surface area contributed by atoms with Crippen molar-refractivity contribution in [2.24, 2.45) is 0 Å². The Morgan fingerprint density at radius 1 is 1.18 bits per heavy atom. The lowest BCUT2D eigenvalue weighted by Crippen LogP contribution is -2.44. The van der Waals surface area contributed by atoms with Crippen LogP contribution in [0.15, 0.2) is 18.2 Å². The summed E-state index contributed by atoms with van der Waals surface area (Å²) in [5.74, 6) is 0. The van der Waals surface area contributed by atoms with E-state index in [1.165, 1.54) is 5.56 Å². The molecule has 2 atom stereocenters. The summed E-state index contributed by atoms with van der Waals surface area (Å²) < 4.78 is 15.2. The molecule has 92 valence electrons. The molecule has 1 nitrogen and oxygen atoms in total. The molecule has 0 amide bonds. The van der Waals surface area contributed by atoms with Crippen LogP contribution in [0.5, 0.6) is 0 Å². The van der Waals surface area contributed by atoms with Gasteiger partial charge in [-0.15, -0.1) is 0 Å². The summed E-state index contributed by atoms with van der Waals surface area (Å²) in [4.78, 5) is 0. The predicted molar refractivity (Wildman–Crippen MR) is 67.9 cm³/mol. The first kappa shape index (κ1) is 11.2. The first-order valence-electron chi connectivity index (χ1n) is 6.59. The zero-order chi connectivity index (χ0) is 12.0. The van der Waals surface area contributed by atoms with Gasteiger partial charge >= 0.3 is 0 Å². The van der Waals surface area contributed by atoms with Crippen LogP contribution in [0.4, 0.5) is 4.39 Å². The number of hydrogen-bond acceptors (Lipinski definition) is 1. The van der Waals surface area contributed by atoms with Gasteiger partial charge in [-0.2, -0.15) is 0 Å². The van der Waals surface area contributed by atoms with Gasteiger partial charge in [0.05, 0.1) is 0 Å². The van der Waals surface area contributed by atoms with Crippen LogP contribution in [0.1, 0.15) is 42.4 Å². The smallest absolute Gasteiger partial charge is 0.139 e. The van der Waals surface area contributed by atoms with Gasteiger partial charge < -0.3 is 5.32 Å². The van der Waals surface area contributed by atoms with Gasteiger partial charge in [-0.1, -0.05) is 23.8 Å². The van der Waals surface area contributed by atoms with Gasteiger partial charge in [0, 0.05) is 24.9 Å². The SMILES string of the molecule is Cc1ccc(C2(F)CC3CCC(C2)N3)c(C)c1. The van der Waals surface area contributed by atoms with Gasteiger partial charge in [-0.3, -0.25) is 0 Å². The summed E-state index contributed by atoms with van der Waals surface area (Å²) in [5, 5.41) is 3.51. The highest BCUT2D eigenvalue weighted by molar-refractivity contribution is 5.36. The van der Waals surface area contributed by atoms with Gasteiger partial charge in [0.25, 0.3) is 0 Å². The highest BCUT2D eigenvalue weighted by atomic mass is 19.1. The first-order valence-corrected chi connectivity index (χ1v) is 6.59. The van der Waals surface area contributed by atoms with Crippen LogP contribution in [-0.2, 0) is 5.67 Å². The average Bonchev–Trinajstić information content (AvgIpc) is 2.58. The van der Waals surface area contributed by atoms with Crippen molar-refractivity contribution in [1.29, 1.82) is 0 Å². The van der Waals surface area contributed by atoms with E-state index in [-0.39, 0.29) is 0 Å². The molecule has 1 N–H and O–H groups in total. The Bertz CT molecular complexity index is 429. The standard InChI is InChI=1S/C15H20FN/c1-10-3-6-14(11(2)7-10)15(16)8-12-4-5-13(9-15)17-12/h3,6-7,12-13,17H,4-5,8-9H2,1-2H3. The average molecular weight is 233 g/mol. The van der Waals surface area contributed by atoms with E-state index in [0.29, 0.717) is 24.9 Å². The molecule has 3 rings (SSSR count). The lowest BCUT2D eigenvalue weighted by atomic mass is 9.81. The molecule has 2 heteroatoms. The van der Waals surface area contributed by atoms with Crippen molar-refractivity contribution >= 4 is 0 Å². The summed E-state index contributed by atoms with van der Waals surface area (Å²) in [7, 11) is 0. The van der Waals surface area contributed by atoms with Crippen LogP contribution in [0.3, 0.4) is 0 Å². The predicted octanol–water partition coefficient (Wildman–Crippen LogP) is 3.38. The van der Waals surface area contributed by atoms with Crippen LogP contribution >= 0.6 is 0 Å². The second kappa shape index (κ2) is 3.81. The highest BCUT2D eigenvalue weighted by Crippen LogP contribution is 2.44. The molecule has 0 saturated carbocycles. The quantitative estimate of drug-likeness (QED) is 0.784. The molecule has 2 heterocycles. The zero-order valence-electron chi connectivity index (χ0n) is 10.6. The van der Waals surface area contributed by atoms with Crippen LogP contribution < -0.4 is 5.32 Å². The summed E-state index contributed by atoms with van der Waals surface area (Å²) in [6.07, 6.45) is 3.57. The van der Waals surface area contributed by atoms with E-state index < -0.39 is 5.67 Å². The number of halogens is 1. The third-order valence-electron chi connectivity index (χ3n) is 4.34. The molecule has 0 spiro atoms. The number of piperidine rings is 1. The fourth-order valence-corrected chi connectivity index (χ4v) is 3.63. The highest BCUT2D eigenvalue weighted by Gasteiger charge is 2.45. The van der Waals surface area contributed by atoms with E-state index >= 15 is 4.39 Å².